The highest BCUT2D eigenvalue weighted by Gasteiger charge is 2.29. The van der Waals surface area contributed by atoms with E-state index in [4.69, 9.17) is 0 Å². The molecule has 0 bridgehead atoms. The molecule has 0 saturated carbocycles. The molecule has 1 amide bonds. The zero-order valence-corrected chi connectivity index (χ0v) is 14.6. The van der Waals surface area contributed by atoms with E-state index in [9.17, 15) is 4.79 Å². The van der Waals surface area contributed by atoms with Crippen molar-refractivity contribution in [1.29, 1.82) is 0 Å². The Labute approximate surface area is 144 Å². The molecule has 1 aliphatic rings. The number of amides is 1. The summed E-state index contributed by atoms with van der Waals surface area (Å²) in [6.07, 6.45) is 2.50. The molecule has 126 valence electrons. The largest absolute Gasteiger partial charge is 0.325 e. The molecule has 1 fully saturated rings. The van der Waals surface area contributed by atoms with Crippen LogP contribution >= 0.6 is 0 Å². The number of para-hydroxylation sites is 1. The topological polar surface area (TPSA) is 33.5 Å². The second kappa shape index (κ2) is 7.63. The van der Waals surface area contributed by atoms with Gasteiger partial charge in [-0.1, -0.05) is 55.5 Å². The second-order valence-corrected chi connectivity index (χ2v) is 6.98. The van der Waals surface area contributed by atoms with Crippen LogP contribution in [0.5, 0.6) is 0 Å². The minimum absolute atomic E-state index is 0.0171. The third-order valence-corrected chi connectivity index (χ3v) is 5.08. The lowest BCUT2D eigenvalue weighted by atomic mass is 9.98. The SMILES string of the molecule is C[C@@H]1CCC[NH+]([C@@H](C)C(=O)Nc2ccccc2-c2ccccc2)C1. The quantitative estimate of drug-likeness (QED) is 0.891. The molecule has 0 radical (unpaired) electrons. The van der Waals surface area contributed by atoms with Gasteiger partial charge in [0.25, 0.3) is 5.91 Å². The van der Waals surface area contributed by atoms with E-state index in [1.807, 2.05) is 43.3 Å². The van der Waals surface area contributed by atoms with Crippen molar-refractivity contribution in [3.63, 3.8) is 0 Å². The molecule has 1 unspecified atom stereocenters. The summed E-state index contributed by atoms with van der Waals surface area (Å²) in [6, 6.07) is 18.2. The van der Waals surface area contributed by atoms with Crippen molar-refractivity contribution >= 4 is 11.6 Å². The number of likely N-dealkylation sites (tertiary alicyclic amines) is 1. The molecule has 3 heteroatoms. The zero-order chi connectivity index (χ0) is 16.9. The lowest BCUT2D eigenvalue weighted by Gasteiger charge is -2.31. The number of piperidine rings is 1. The van der Waals surface area contributed by atoms with E-state index < -0.39 is 0 Å². The lowest BCUT2D eigenvalue weighted by molar-refractivity contribution is -0.922. The first-order valence-electron chi connectivity index (χ1n) is 8.95. The Bertz CT molecular complexity index is 683. The van der Waals surface area contributed by atoms with Crippen molar-refractivity contribution in [2.24, 2.45) is 5.92 Å². The molecule has 2 N–H and O–H groups in total. The molecule has 0 aromatic heterocycles. The average Bonchev–Trinajstić information content (AvgIpc) is 2.62. The van der Waals surface area contributed by atoms with Crippen LogP contribution in [0, 0.1) is 5.92 Å². The summed E-state index contributed by atoms with van der Waals surface area (Å²) in [7, 11) is 0. The van der Waals surface area contributed by atoms with Gasteiger partial charge in [-0.05, 0) is 31.4 Å². The summed E-state index contributed by atoms with van der Waals surface area (Å²) < 4.78 is 0. The molecule has 2 aromatic carbocycles. The normalized spacial score (nSPS) is 21.9. The maximum atomic E-state index is 12.8. The van der Waals surface area contributed by atoms with Gasteiger partial charge >= 0.3 is 0 Å². The van der Waals surface area contributed by atoms with Gasteiger partial charge in [0.05, 0.1) is 13.1 Å². The van der Waals surface area contributed by atoms with E-state index in [2.05, 4.69) is 30.4 Å². The number of carbonyl (C=O) groups excluding carboxylic acids is 1. The third-order valence-electron chi connectivity index (χ3n) is 5.08. The number of hydrogen-bond acceptors (Lipinski definition) is 1. The van der Waals surface area contributed by atoms with Crippen LogP contribution in [0.25, 0.3) is 11.1 Å². The Morgan fingerprint density at radius 1 is 1.12 bits per heavy atom. The predicted molar refractivity (Wildman–Crippen MR) is 99.1 cm³/mol. The summed E-state index contributed by atoms with van der Waals surface area (Å²) in [5, 5.41) is 3.16. The number of nitrogens with one attached hydrogen (secondary N) is 2. The molecule has 3 nitrogen and oxygen atoms in total. The Balaban J connectivity index is 1.75. The van der Waals surface area contributed by atoms with Gasteiger partial charge in [-0.3, -0.25) is 4.79 Å². The molecular weight excluding hydrogens is 296 g/mol. The fraction of sp³-hybridized carbons (Fsp3) is 0.381. The van der Waals surface area contributed by atoms with Crippen molar-refractivity contribution in [2.75, 3.05) is 18.4 Å². The molecule has 3 rings (SSSR count). The first kappa shape index (κ1) is 16.7. The van der Waals surface area contributed by atoms with Gasteiger partial charge in [0, 0.05) is 17.2 Å². The van der Waals surface area contributed by atoms with Crippen LogP contribution in [-0.4, -0.2) is 25.0 Å². The maximum Gasteiger partial charge on any atom is 0.282 e. The van der Waals surface area contributed by atoms with Gasteiger partial charge in [0.2, 0.25) is 0 Å². The smallest absolute Gasteiger partial charge is 0.282 e. The molecule has 1 heterocycles. The van der Waals surface area contributed by atoms with Crippen molar-refractivity contribution in [1.82, 2.24) is 0 Å². The van der Waals surface area contributed by atoms with Crippen LogP contribution in [0.1, 0.15) is 26.7 Å². The van der Waals surface area contributed by atoms with Crippen molar-refractivity contribution in [3.8, 4) is 11.1 Å². The van der Waals surface area contributed by atoms with Crippen LogP contribution in [0.15, 0.2) is 54.6 Å². The monoisotopic (exact) mass is 323 g/mol. The average molecular weight is 323 g/mol. The molecule has 1 saturated heterocycles. The lowest BCUT2D eigenvalue weighted by Crippen LogP contribution is -3.17. The molecule has 0 spiro atoms. The molecule has 3 atom stereocenters. The molecular formula is C21H27N2O+. The van der Waals surface area contributed by atoms with Gasteiger partial charge in [-0.2, -0.15) is 0 Å². The third kappa shape index (κ3) is 3.85. The van der Waals surface area contributed by atoms with Crippen molar-refractivity contribution < 1.29 is 9.69 Å². The summed E-state index contributed by atoms with van der Waals surface area (Å²) in [5.74, 6) is 0.822. The van der Waals surface area contributed by atoms with E-state index >= 15 is 0 Å². The summed E-state index contributed by atoms with van der Waals surface area (Å²) in [4.78, 5) is 14.2. The van der Waals surface area contributed by atoms with Crippen LogP contribution in [0.4, 0.5) is 5.69 Å². The Morgan fingerprint density at radius 3 is 2.58 bits per heavy atom. The number of carbonyl (C=O) groups is 1. The predicted octanol–water partition coefficient (Wildman–Crippen LogP) is 3.00. The van der Waals surface area contributed by atoms with Crippen LogP contribution < -0.4 is 10.2 Å². The Morgan fingerprint density at radius 2 is 1.83 bits per heavy atom. The van der Waals surface area contributed by atoms with Gasteiger partial charge in [0.1, 0.15) is 0 Å². The van der Waals surface area contributed by atoms with E-state index in [-0.39, 0.29) is 11.9 Å². The van der Waals surface area contributed by atoms with E-state index in [1.165, 1.54) is 17.7 Å². The standard InChI is InChI=1S/C21H26N2O/c1-16-9-8-14-23(15-16)17(2)21(24)22-20-13-7-6-12-19(20)18-10-4-3-5-11-18/h3-7,10-13,16-17H,8-9,14-15H2,1-2H3,(H,22,24)/p+1/t16-,17+/m1/s1. The van der Waals surface area contributed by atoms with E-state index in [0.29, 0.717) is 5.92 Å². The van der Waals surface area contributed by atoms with Gasteiger partial charge in [-0.25, -0.2) is 0 Å². The maximum absolute atomic E-state index is 12.8. The number of rotatable bonds is 4. The number of hydrogen-bond donors (Lipinski definition) is 2. The first-order chi connectivity index (χ1) is 11.6. The van der Waals surface area contributed by atoms with Crippen LogP contribution in [0.3, 0.4) is 0 Å². The second-order valence-electron chi connectivity index (χ2n) is 6.98. The molecule has 1 aliphatic heterocycles. The zero-order valence-electron chi connectivity index (χ0n) is 14.6. The molecule has 0 aliphatic carbocycles. The first-order valence-corrected chi connectivity index (χ1v) is 8.95. The molecule has 24 heavy (non-hydrogen) atoms. The fourth-order valence-electron chi connectivity index (χ4n) is 3.61. The van der Waals surface area contributed by atoms with Crippen LogP contribution in [0.2, 0.25) is 0 Å². The van der Waals surface area contributed by atoms with E-state index in [0.717, 1.165) is 29.9 Å². The fourth-order valence-corrected chi connectivity index (χ4v) is 3.61. The number of benzene rings is 2. The summed E-state index contributed by atoms with van der Waals surface area (Å²) >= 11 is 0. The minimum atomic E-state index is -0.0171. The van der Waals surface area contributed by atoms with Crippen molar-refractivity contribution in [2.45, 2.75) is 32.7 Å². The molecule has 2 aromatic rings. The van der Waals surface area contributed by atoms with Crippen molar-refractivity contribution in [3.05, 3.63) is 54.6 Å². The number of anilines is 1. The minimum Gasteiger partial charge on any atom is -0.325 e. The van der Waals surface area contributed by atoms with E-state index in [1.54, 1.807) is 0 Å². The Kier molecular flexibility index (Phi) is 5.31. The van der Waals surface area contributed by atoms with Gasteiger partial charge < -0.3 is 10.2 Å². The number of quaternary nitrogens is 1. The van der Waals surface area contributed by atoms with Gasteiger partial charge in [-0.15, -0.1) is 0 Å². The summed E-state index contributed by atoms with van der Waals surface area (Å²) in [5.41, 5.74) is 3.09. The highest BCUT2D eigenvalue weighted by Crippen LogP contribution is 2.27. The van der Waals surface area contributed by atoms with Crippen LogP contribution in [-0.2, 0) is 4.79 Å². The summed E-state index contributed by atoms with van der Waals surface area (Å²) in [6.45, 7) is 6.52. The Hall–Kier alpha value is -2.13. The van der Waals surface area contributed by atoms with Gasteiger partial charge in [0.15, 0.2) is 6.04 Å². The highest BCUT2D eigenvalue weighted by atomic mass is 16.2. The highest BCUT2D eigenvalue weighted by molar-refractivity contribution is 5.97.